The molecule has 12 heteroatoms. The molecule has 0 bridgehead atoms. The zero-order valence-electron chi connectivity index (χ0n) is 16.6. The first-order valence-corrected chi connectivity index (χ1v) is 12.1. The molecular formula is C19H17Cl2N3O5S2. The maximum atomic E-state index is 13.1. The van der Waals surface area contributed by atoms with Crippen molar-refractivity contribution < 1.29 is 22.7 Å². The molecule has 0 aliphatic rings. The van der Waals surface area contributed by atoms with Gasteiger partial charge in [0.25, 0.3) is 5.91 Å². The van der Waals surface area contributed by atoms with E-state index in [1.165, 1.54) is 43.1 Å². The Hall–Kier alpha value is -2.40. The normalized spacial score (nSPS) is 11.3. The molecule has 3 rings (SSSR count). The minimum atomic E-state index is -4.04. The predicted octanol–water partition coefficient (Wildman–Crippen LogP) is 4.06. The van der Waals surface area contributed by atoms with Gasteiger partial charge in [0.2, 0.25) is 21.8 Å². The average Bonchev–Trinajstić information content (AvgIpc) is 3.19. The van der Waals surface area contributed by atoms with E-state index < -0.39 is 15.9 Å². The van der Waals surface area contributed by atoms with E-state index in [1.54, 1.807) is 18.2 Å². The minimum absolute atomic E-state index is 0.0496. The molecule has 0 N–H and O–H groups in total. The zero-order chi connectivity index (χ0) is 22.8. The summed E-state index contributed by atoms with van der Waals surface area (Å²) in [5.41, 5.74) is 0.561. The number of ether oxygens (including phenoxy) is 2. The molecule has 2 heterocycles. The smallest absolute Gasteiger partial charge is 0.291 e. The highest BCUT2D eigenvalue weighted by atomic mass is 35.5. The number of sulfonamides is 1. The monoisotopic (exact) mass is 501 g/mol. The third-order valence-corrected chi connectivity index (χ3v) is 6.70. The molecule has 164 valence electrons. The van der Waals surface area contributed by atoms with Crippen LogP contribution in [0, 0.1) is 0 Å². The van der Waals surface area contributed by atoms with Crippen LogP contribution in [0.1, 0.15) is 21.1 Å². The molecule has 0 spiro atoms. The number of carbonyl (C=O) groups is 1. The van der Waals surface area contributed by atoms with Crippen LogP contribution in [0.25, 0.3) is 0 Å². The van der Waals surface area contributed by atoms with Gasteiger partial charge < -0.3 is 9.47 Å². The van der Waals surface area contributed by atoms with E-state index in [0.29, 0.717) is 31.3 Å². The second-order valence-corrected chi connectivity index (χ2v) is 9.81. The van der Waals surface area contributed by atoms with E-state index >= 15 is 0 Å². The molecule has 0 saturated heterocycles. The Kier molecular flexibility index (Phi) is 7.05. The number of thiazole rings is 1. The van der Waals surface area contributed by atoms with E-state index in [2.05, 4.69) is 9.97 Å². The zero-order valence-corrected chi connectivity index (χ0v) is 19.8. The number of hydrogen-bond acceptors (Lipinski definition) is 8. The molecule has 0 aliphatic carbocycles. The number of aromatic nitrogens is 2. The van der Waals surface area contributed by atoms with Crippen LogP contribution in [0.5, 0.6) is 11.8 Å². The van der Waals surface area contributed by atoms with E-state index in [9.17, 15) is 13.2 Å². The molecule has 0 atom stereocenters. The first-order chi connectivity index (χ1) is 14.7. The quantitative estimate of drug-likeness (QED) is 0.481. The van der Waals surface area contributed by atoms with Crippen molar-refractivity contribution in [3.05, 3.63) is 62.0 Å². The van der Waals surface area contributed by atoms with Crippen molar-refractivity contribution in [3.8, 4) is 11.8 Å². The van der Waals surface area contributed by atoms with Gasteiger partial charge in [0.15, 0.2) is 0 Å². The van der Waals surface area contributed by atoms with Crippen molar-refractivity contribution in [1.82, 2.24) is 9.97 Å². The SMILES string of the molecule is COc1ccc(N(C(=O)c2csc(Cc3c(Cl)cccc3Cl)n2)S(C)(=O)=O)c(OC)n1. The Balaban J connectivity index is 1.98. The van der Waals surface area contributed by atoms with Gasteiger partial charge >= 0.3 is 0 Å². The topological polar surface area (TPSA) is 98.7 Å². The summed E-state index contributed by atoms with van der Waals surface area (Å²) >= 11 is 13.6. The lowest BCUT2D eigenvalue weighted by molar-refractivity contribution is 0.100. The molecule has 0 unspecified atom stereocenters. The summed E-state index contributed by atoms with van der Waals surface area (Å²) in [5, 5.41) is 2.97. The van der Waals surface area contributed by atoms with Crippen molar-refractivity contribution in [2.24, 2.45) is 0 Å². The first-order valence-electron chi connectivity index (χ1n) is 8.66. The fourth-order valence-electron chi connectivity index (χ4n) is 2.72. The van der Waals surface area contributed by atoms with Gasteiger partial charge in [0, 0.05) is 27.9 Å². The average molecular weight is 502 g/mol. The van der Waals surface area contributed by atoms with Crippen LogP contribution in [-0.2, 0) is 16.4 Å². The lowest BCUT2D eigenvalue weighted by Crippen LogP contribution is -2.36. The van der Waals surface area contributed by atoms with Gasteiger partial charge in [0.05, 0.1) is 25.5 Å². The summed E-state index contributed by atoms with van der Waals surface area (Å²) in [6.07, 6.45) is 1.20. The number of pyridine rings is 1. The lowest BCUT2D eigenvalue weighted by Gasteiger charge is -2.21. The van der Waals surface area contributed by atoms with E-state index in [4.69, 9.17) is 32.7 Å². The van der Waals surface area contributed by atoms with Crippen LogP contribution < -0.4 is 13.8 Å². The van der Waals surface area contributed by atoms with Crippen LogP contribution in [-0.4, -0.2) is 44.8 Å². The van der Waals surface area contributed by atoms with Gasteiger partial charge in [0.1, 0.15) is 11.4 Å². The largest absolute Gasteiger partial charge is 0.481 e. The summed E-state index contributed by atoms with van der Waals surface area (Å²) in [7, 11) is -1.32. The number of benzene rings is 1. The predicted molar refractivity (Wildman–Crippen MR) is 120 cm³/mol. The lowest BCUT2D eigenvalue weighted by atomic mass is 10.1. The number of rotatable bonds is 7. The van der Waals surface area contributed by atoms with Gasteiger partial charge in [-0.05, 0) is 23.8 Å². The standard InChI is InChI=1S/C19H17Cl2N3O5S2/c1-28-16-8-7-15(18(23-16)29-2)24(31(3,26)27)19(25)14-10-30-17(22-14)9-11-12(20)5-4-6-13(11)21/h4-8,10H,9H2,1-3H3. The molecule has 31 heavy (non-hydrogen) atoms. The molecule has 3 aromatic rings. The maximum Gasteiger partial charge on any atom is 0.291 e. The molecule has 0 fully saturated rings. The second kappa shape index (κ2) is 9.39. The fraction of sp³-hybridized carbons (Fsp3) is 0.211. The highest BCUT2D eigenvalue weighted by Crippen LogP contribution is 2.32. The molecule has 0 aliphatic heterocycles. The number of amides is 1. The minimum Gasteiger partial charge on any atom is -0.481 e. The summed E-state index contributed by atoms with van der Waals surface area (Å²) in [5.74, 6) is -0.731. The molecule has 2 aromatic heterocycles. The van der Waals surface area contributed by atoms with E-state index in [-0.39, 0.29) is 23.1 Å². The fourth-order valence-corrected chi connectivity index (χ4v) is 4.92. The van der Waals surface area contributed by atoms with Gasteiger partial charge in [-0.2, -0.15) is 9.29 Å². The molecule has 1 amide bonds. The van der Waals surface area contributed by atoms with Crippen LogP contribution in [0.2, 0.25) is 10.0 Å². The summed E-state index contributed by atoms with van der Waals surface area (Å²) < 4.78 is 35.8. The van der Waals surface area contributed by atoms with Crippen LogP contribution in [0.15, 0.2) is 35.7 Å². The number of methoxy groups -OCH3 is 2. The number of nitrogens with zero attached hydrogens (tertiary/aromatic N) is 3. The Bertz CT molecular complexity index is 1210. The van der Waals surface area contributed by atoms with Gasteiger partial charge in [-0.1, -0.05) is 29.3 Å². The van der Waals surface area contributed by atoms with Crippen molar-refractivity contribution in [1.29, 1.82) is 0 Å². The first kappa shape index (κ1) is 23.3. The Morgan fingerprint density at radius 1 is 1.10 bits per heavy atom. The van der Waals surface area contributed by atoms with Crippen molar-refractivity contribution in [2.75, 3.05) is 24.8 Å². The molecular weight excluding hydrogens is 485 g/mol. The van der Waals surface area contributed by atoms with E-state index in [1.807, 2.05) is 0 Å². The highest BCUT2D eigenvalue weighted by molar-refractivity contribution is 7.92. The van der Waals surface area contributed by atoms with Crippen molar-refractivity contribution >= 4 is 56.2 Å². The second-order valence-electron chi connectivity index (χ2n) is 6.22. The number of anilines is 1. The highest BCUT2D eigenvalue weighted by Gasteiger charge is 2.31. The molecule has 0 saturated carbocycles. The molecule has 0 radical (unpaired) electrons. The van der Waals surface area contributed by atoms with Crippen molar-refractivity contribution in [3.63, 3.8) is 0 Å². The Morgan fingerprint density at radius 3 is 2.35 bits per heavy atom. The summed E-state index contributed by atoms with van der Waals surface area (Å²) in [4.78, 5) is 21.5. The molecule has 8 nitrogen and oxygen atoms in total. The van der Waals surface area contributed by atoms with E-state index in [0.717, 1.165) is 6.26 Å². The Morgan fingerprint density at radius 2 is 1.77 bits per heavy atom. The summed E-state index contributed by atoms with van der Waals surface area (Å²) in [6, 6.07) is 7.94. The van der Waals surface area contributed by atoms with Crippen LogP contribution >= 0.6 is 34.5 Å². The Labute approximate surface area is 193 Å². The van der Waals surface area contributed by atoms with Gasteiger partial charge in [-0.25, -0.2) is 13.4 Å². The molecule has 1 aromatic carbocycles. The number of hydrogen-bond donors (Lipinski definition) is 0. The van der Waals surface area contributed by atoms with Crippen molar-refractivity contribution in [2.45, 2.75) is 6.42 Å². The van der Waals surface area contributed by atoms with Crippen LogP contribution in [0.4, 0.5) is 5.69 Å². The van der Waals surface area contributed by atoms with Crippen LogP contribution in [0.3, 0.4) is 0 Å². The third kappa shape index (κ3) is 5.09. The van der Waals surface area contributed by atoms with Gasteiger partial charge in [-0.15, -0.1) is 11.3 Å². The number of carbonyl (C=O) groups excluding carboxylic acids is 1. The maximum absolute atomic E-state index is 13.1. The van der Waals surface area contributed by atoms with Gasteiger partial charge in [-0.3, -0.25) is 4.79 Å². The summed E-state index contributed by atoms with van der Waals surface area (Å²) in [6.45, 7) is 0. The third-order valence-electron chi connectivity index (χ3n) is 4.11. The number of halogens is 2.